The van der Waals surface area contributed by atoms with E-state index in [0.717, 1.165) is 12.1 Å². The van der Waals surface area contributed by atoms with Crippen molar-refractivity contribution < 1.29 is 0 Å². The molecule has 0 spiro atoms. The summed E-state index contributed by atoms with van der Waals surface area (Å²) in [7, 11) is 0. The van der Waals surface area contributed by atoms with Crippen LogP contribution in [0.15, 0.2) is 67.4 Å². The smallest absolute Gasteiger partial charge is 0.0372 e. The highest BCUT2D eigenvalue weighted by Crippen LogP contribution is 1.98. The normalized spacial score (nSPS) is 8.81. The Hall–Kier alpha value is -1.89. The number of hydrogen-bond donors (Lipinski definition) is 0. The molecule has 0 saturated heterocycles. The SMILES string of the molecule is C=CCc1ccccc1.Cc1ccccn1. The van der Waals surface area contributed by atoms with E-state index in [1.165, 1.54) is 5.56 Å². The fourth-order valence-corrected chi connectivity index (χ4v) is 1.23. The summed E-state index contributed by atoms with van der Waals surface area (Å²) in [6.45, 7) is 5.63. The molecular formula is C15H17N. The van der Waals surface area contributed by atoms with Crippen molar-refractivity contribution in [3.63, 3.8) is 0 Å². The third-order valence-electron chi connectivity index (χ3n) is 2.04. The molecule has 0 atom stereocenters. The van der Waals surface area contributed by atoms with Gasteiger partial charge in [-0.2, -0.15) is 0 Å². The van der Waals surface area contributed by atoms with Crippen LogP contribution in [0.1, 0.15) is 11.3 Å². The number of pyridine rings is 1. The lowest BCUT2D eigenvalue weighted by atomic mass is 10.2. The van der Waals surface area contributed by atoms with Crippen molar-refractivity contribution in [2.75, 3.05) is 0 Å². The standard InChI is InChI=1S/C9H10.C6H7N/c1-2-6-9-7-4-3-5-8-9;1-6-4-2-3-5-7-6/h2-5,7-8H,1,6H2;2-5H,1H3. The predicted octanol–water partition coefficient (Wildman–Crippen LogP) is 3.81. The van der Waals surface area contributed by atoms with E-state index in [1.807, 2.05) is 49.4 Å². The maximum atomic E-state index is 3.98. The van der Waals surface area contributed by atoms with Crippen LogP contribution in [-0.2, 0) is 6.42 Å². The molecule has 1 heterocycles. The average Bonchev–Trinajstić information content (AvgIpc) is 2.33. The fraction of sp³-hybridized carbons (Fsp3) is 0.133. The van der Waals surface area contributed by atoms with Crippen LogP contribution in [0, 0.1) is 6.92 Å². The summed E-state index contributed by atoms with van der Waals surface area (Å²) in [5.74, 6) is 0. The number of benzene rings is 1. The summed E-state index contributed by atoms with van der Waals surface area (Å²) < 4.78 is 0. The maximum Gasteiger partial charge on any atom is 0.0372 e. The molecule has 1 heteroatoms. The van der Waals surface area contributed by atoms with Gasteiger partial charge in [0, 0.05) is 11.9 Å². The third-order valence-corrected chi connectivity index (χ3v) is 2.04. The van der Waals surface area contributed by atoms with Gasteiger partial charge in [-0.3, -0.25) is 4.98 Å². The molecule has 0 aliphatic rings. The van der Waals surface area contributed by atoms with Gasteiger partial charge in [0.25, 0.3) is 0 Å². The van der Waals surface area contributed by atoms with Gasteiger partial charge in [-0.05, 0) is 31.0 Å². The lowest BCUT2D eigenvalue weighted by Gasteiger charge is -1.91. The topological polar surface area (TPSA) is 12.9 Å². The number of allylic oxidation sites excluding steroid dienone is 1. The van der Waals surface area contributed by atoms with Gasteiger partial charge < -0.3 is 0 Å². The first-order valence-electron chi connectivity index (χ1n) is 5.35. The molecule has 0 unspecified atom stereocenters. The Kier molecular flexibility index (Phi) is 5.64. The zero-order valence-electron chi connectivity index (χ0n) is 9.63. The second-order valence-corrected chi connectivity index (χ2v) is 3.45. The van der Waals surface area contributed by atoms with E-state index in [9.17, 15) is 0 Å². The maximum absolute atomic E-state index is 3.98. The Morgan fingerprint density at radius 1 is 1.06 bits per heavy atom. The van der Waals surface area contributed by atoms with E-state index >= 15 is 0 Å². The minimum absolute atomic E-state index is 0.973. The van der Waals surface area contributed by atoms with E-state index in [2.05, 4.69) is 23.7 Å². The van der Waals surface area contributed by atoms with E-state index < -0.39 is 0 Å². The summed E-state index contributed by atoms with van der Waals surface area (Å²) in [5.41, 5.74) is 2.40. The van der Waals surface area contributed by atoms with Crippen LogP contribution in [-0.4, -0.2) is 4.98 Å². The third kappa shape index (κ3) is 5.11. The quantitative estimate of drug-likeness (QED) is 0.688. The van der Waals surface area contributed by atoms with Crippen LogP contribution in [0.3, 0.4) is 0 Å². The van der Waals surface area contributed by atoms with E-state index in [4.69, 9.17) is 0 Å². The molecule has 2 aromatic rings. The van der Waals surface area contributed by atoms with E-state index in [0.29, 0.717) is 0 Å². The largest absolute Gasteiger partial charge is 0.262 e. The molecule has 0 bridgehead atoms. The minimum atomic E-state index is 0.973. The number of nitrogens with zero attached hydrogens (tertiary/aromatic N) is 1. The van der Waals surface area contributed by atoms with Crippen LogP contribution in [0.25, 0.3) is 0 Å². The van der Waals surface area contributed by atoms with Crippen molar-refractivity contribution >= 4 is 0 Å². The van der Waals surface area contributed by atoms with Crippen molar-refractivity contribution in [2.24, 2.45) is 0 Å². The minimum Gasteiger partial charge on any atom is -0.262 e. The number of rotatable bonds is 2. The van der Waals surface area contributed by atoms with Crippen molar-refractivity contribution in [2.45, 2.75) is 13.3 Å². The van der Waals surface area contributed by atoms with Crippen LogP contribution in [0.5, 0.6) is 0 Å². The highest BCUT2D eigenvalue weighted by Gasteiger charge is 1.82. The van der Waals surface area contributed by atoms with Gasteiger partial charge in [0.05, 0.1) is 0 Å². The lowest BCUT2D eigenvalue weighted by Crippen LogP contribution is -1.75. The summed E-state index contributed by atoms with van der Waals surface area (Å²) in [5, 5.41) is 0. The molecule has 1 nitrogen and oxygen atoms in total. The summed E-state index contributed by atoms with van der Waals surface area (Å²) >= 11 is 0. The zero-order valence-corrected chi connectivity index (χ0v) is 9.63. The molecule has 1 aromatic heterocycles. The highest BCUT2D eigenvalue weighted by atomic mass is 14.6. The van der Waals surface area contributed by atoms with E-state index in [-0.39, 0.29) is 0 Å². The van der Waals surface area contributed by atoms with Crippen LogP contribution < -0.4 is 0 Å². The number of aromatic nitrogens is 1. The van der Waals surface area contributed by atoms with Crippen molar-refractivity contribution in [3.05, 3.63) is 78.6 Å². The second-order valence-electron chi connectivity index (χ2n) is 3.45. The van der Waals surface area contributed by atoms with Crippen LogP contribution in [0.4, 0.5) is 0 Å². The van der Waals surface area contributed by atoms with Crippen LogP contribution in [0.2, 0.25) is 0 Å². The van der Waals surface area contributed by atoms with E-state index in [1.54, 1.807) is 6.20 Å². The summed E-state index contributed by atoms with van der Waals surface area (Å²) in [4.78, 5) is 3.98. The highest BCUT2D eigenvalue weighted by molar-refractivity contribution is 5.16. The van der Waals surface area contributed by atoms with Gasteiger partial charge in [-0.1, -0.05) is 42.5 Å². The monoisotopic (exact) mass is 211 g/mol. The lowest BCUT2D eigenvalue weighted by molar-refractivity contribution is 1.20. The van der Waals surface area contributed by atoms with Gasteiger partial charge >= 0.3 is 0 Å². The molecule has 0 aliphatic carbocycles. The van der Waals surface area contributed by atoms with Crippen molar-refractivity contribution in [3.8, 4) is 0 Å². The first-order chi connectivity index (χ1) is 7.83. The summed E-state index contributed by atoms with van der Waals surface area (Å²) in [6, 6.07) is 16.2. The van der Waals surface area contributed by atoms with Gasteiger partial charge in [-0.15, -0.1) is 6.58 Å². The van der Waals surface area contributed by atoms with Crippen molar-refractivity contribution in [1.29, 1.82) is 0 Å². The molecule has 0 saturated carbocycles. The zero-order chi connectivity index (χ0) is 11.6. The molecule has 82 valence electrons. The molecule has 1 aromatic carbocycles. The Labute approximate surface area is 97.5 Å². The van der Waals surface area contributed by atoms with Gasteiger partial charge in [-0.25, -0.2) is 0 Å². The average molecular weight is 211 g/mol. The van der Waals surface area contributed by atoms with Gasteiger partial charge in [0.2, 0.25) is 0 Å². The number of aryl methyl sites for hydroxylation is 1. The van der Waals surface area contributed by atoms with Gasteiger partial charge in [0.1, 0.15) is 0 Å². The second kappa shape index (κ2) is 7.41. The van der Waals surface area contributed by atoms with Crippen LogP contribution >= 0.6 is 0 Å². The van der Waals surface area contributed by atoms with Gasteiger partial charge in [0.15, 0.2) is 0 Å². The fourth-order valence-electron chi connectivity index (χ4n) is 1.23. The molecule has 0 fully saturated rings. The predicted molar refractivity (Wildman–Crippen MR) is 69.3 cm³/mol. The first-order valence-corrected chi connectivity index (χ1v) is 5.35. The Bertz CT molecular complexity index is 392. The molecule has 16 heavy (non-hydrogen) atoms. The Morgan fingerprint density at radius 3 is 2.19 bits per heavy atom. The molecule has 0 aliphatic heterocycles. The number of hydrogen-bond acceptors (Lipinski definition) is 1. The molecular weight excluding hydrogens is 194 g/mol. The first kappa shape index (κ1) is 12.2. The summed E-state index contributed by atoms with van der Waals surface area (Å²) in [6.07, 6.45) is 4.67. The Balaban J connectivity index is 0.000000165. The molecule has 2 rings (SSSR count). The Morgan fingerprint density at radius 2 is 1.75 bits per heavy atom. The molecule has 0 radical (unpaired) electrons. The van der Waals surface area contributed by atoms with Crippen molar-refractivity contribution in [1.82, 2.24) is 4.98 Å². The molecule has 0 N–H and O–H groups in total. The molecule has 0 amide bonds.